The SMILES string of the molecule is CCc1c(C(=O)NC2CCNCC2)cnn1C(C)(C)C. The molecule has 5 nitrogen and oxygen atoms in total. The number of hydrogen-bond acceptors (Lipinski definition) is 3. The minimum atomic E-state index is -0.0986. The Bertz CT molecular complexity index is 467. The first-order chi connectivity index (χ1) is 9.43. The number of carbonyl (C=O) groups excluding carboxylic acids is 1. The molecule has 1 aliphatic heterocycles. The van der Waals surface area contributed by atoms with Gasteiger partial charge in [0.05, 0.1) is 23.0 Å². The molecule has 1 aromatic heterocycles. The molecule has 5 heteroatoms. The number of amides is 1. The molecule has 0 atom stereocenters. The predicted molar refractivity (Wildman–Crippen MR) is 80.0 cm³/mol. The van der Waals surface area contributed by atoms with Crippen molar-refractivity contribution >= 4 is 5.91 Å². The van der Waals surface area contributed by atoms with Gasteiger partial charge >= 0.3 is 0 Å². The molecular formula is C15H26N4O. The molecule has 0 unspecified atom stereocenters. The van der Waals surface area contributed by atoms with Crippen molar-refractivity contribution in [2.75, 3.05) is 13.1 Å². The molecule has 2 heterocycles. The third kappa shape index (κ3) is 3.20. The van der Waals surface area contributed by atoms with Crippen LogP contribution in [0.4, 0.5) is 0 Å². The zero-order valence-corrected chi connectivity index (χ0v) is 13.0. The molecule has 2 N–H and O–H groups in total. The Morgan fingerprint density at radius 3 is 2.65 bits per heavy atom. The summed E-state index contributed by atoms with van der Waals surface area (Å²) >= 11 is 0. The first-order valence-electron chi connectivity index (χ1n) is 7.52. The molecule has 1 fully saturated rings. The first-order valence-corrected chi connectivity index (χ1v) is 7.52. The summed E-state index contributed by atoms with van der Waals surface area (Å²) in [7, 11) is 0. The average Bonchev–Trinajstić information content (AvgIpc) is 2.83. The summed E-state index contributed by atoms with van der Waals surface area (Å²) in [4.78, 5) is 12.4. The molecule has 0 saturated carbocycles. The van der Waals surface area contributed by atoms with Gasteiger partial charge in [0.1, 0.15) is 0 Å². The summed E-state index contributed by atoms with van der Waals surface area (Å²) in [5.41, 5.74) is 1.64. The van der Waals surface area contributed by atoms with E-state index in [1.165, 1.54) is 0 Å². The summed E-state index contributed by atoms with van der Waals surface area (Å²) < 4.78 is 1.96. The van der Waals surface area contributed by atoms with Crippen molar-refractivity contribution in [2.24, 2.45) is 0 Å². The van der Waals surface area contributed by atoms with E-state index in [9.17, 15) is 4.79 Å². The van der Waals surface area contributed by atoms with Crippen LogP contribution in [0.15, 0.2) is 6.20 Å². The Morgan fingerprint density at radius 1 is 1.45 bits per heavy atom. The molecule has 1 aliphatic rings. The molecule has 0 aliphatic carbocycles. The average molecular weight is 278 g/mol. The van der Waals surface area contributed by atoms with Crippen LogP contribution in [0.2, 0.25) is 0 Å². The Kier molecular flexibility index (Phi) is 4.48. The van der Waals surface area contributed by atoms with Gasteiger partial charge in [-0.3, -0.25) is 9.48 Å². The zero-order valence-electron chi connectivity index (χ0n) is 13.0. The second-order valence-corrected chi connectivity index (χ2v) is 6.44. The van der Waals surface area contributed by atoms with Crippen LogP contribution in [-0.4, -0.2) is 34.8 Å². The van der Waals surface area contributed by atoms with Gasteiger partial charge in [-0.2, -0.15) is 5.10 Å². The second kappa shape index (κ2) is 5.95. The van der Waals surface area contributed by atoms with E-state index in [0.717, 1.165) is 43.6 Å². The fourth-order valence-electron chi connectivity index (χ4n) is 2.71. The highest BCUT2D eigenvalue weighted by Crippen LogP contribution is 2.20. The van der Waals surface area contributed by atoms with Crippen LogP contribution in [-0.2, 0) is 12.0 Å². The molecule has 0 radical (unpaired) electrons. The highest BCUT2D eigenvalue weighted by Gasteiger charge is 2.24. The number of nitrogens with zero attached hydrogens (tertiary/aromatic N) is 2. The Labute approximate surface area is 121 Å². The lowest BCUT2D eigenvalue weighted by molar-refractivity contribution is 0.0928. The molecule has 1 amide bonds. The van der Waals surface area contributed by atoms with Crippen LogP contribution in [0, 0.1) is 0 Å². The van der Waals surface area contributed by atoms with Crippen molar-refractivity contribution in [1.82, 2.24) is 20.4 Å². The van der Waals surface area contributed by atoms with Gasteiger partial charge in [0.25, 0.3) is 5.91 Å². The van der Waals surface area contributed by atoms with Crippen LogP contribution >= 0.6 is 0 Å². The third-order valence-electron chi connectivity index (χ3n) is 3.76. The summed E-state index contributed by atoms with van der Waals surface area (Å²) in [5.74, 6) is 0.0178. The van der Waals surface area contributed by atoms with Crippen molar-refractivity contribution in [3.05, 3.63) is 17.5 Å². The monoisotopic (exact) mass is 278 g/mol. The van der Waals surface area contributed by atoms with E-state index >= 15 is 0 Å². The molecular weight excluding hydrogens is 252 g/mol. The maximum atomic E-state index is 12.4. The van der Waals surface area contributed by atoms with Crippen molar-refractivity contribution in [3.63, 3.8) is 0 Å². The van der Waals surface area contributed by atoms with E-state index in [1.54, 1.807) is 6.20 Å². The van der Waals surface area contributed by atoms with E-state index in [2.05, 4.69) is 43.4 Å². The Hall–Kier alpha value is -1.36. The molecule has 2 rings (SSSR count). The third-order valence-corrected chi connectivity index (χ3v) is 3.76. The predicted octanol–water partition coefficient (Wildman–Crippen LogP) is 1.68. The number of carbonyl (C=O) groups is 1. The van der Waals surface area contributed by atoms with Crippen LogP contribution < -0.4 is 10.6 Å². The van der Waals surface area contributed by atoms with Gasteiger partial charge in [-0.15, -0.1) is 0 Å². The summed E-state index contributed by atoms with van der Waals surface area (Å²) in [6, 6.07) is 0.284. The van der Waals surface area contributed by atoms with Gasteiger partial charge in [0, 0.05) is 6.04 Å². The topological polar surface area (TPSA) is 59.0 Å². The van der Waals surface area contributed by atoms with Crippen molar-refractivity contribution in [1.29, 1.82) is 0 Å². The lowest BCUT2D eigenvalue weighted by Gasteiger charge is -2.24. The Morgan fingerprint density at radius 2 is 2.10 bits per heavy atom. The number of rotatable bonds is 3. The minimum absolute atomic E-state index is 0.0178. The fourth-order valence-corrected chi connectivity index (χ4v) is 2.71. The molecule has 20 heavy (non-hydrogen) atoms. The number of nitrogens with one attached hydrogen (secondary N) is 2. The minimum Gasteiger partial charge on any atom is -0.349 e. The normalized spacial score (nSPS) is 17.2. The lowest BCUT2D eigenvalue weighted by Crippen LogP contribution is -2.43. The molecule has 1 aromatic rings. The summed E-state index contributed by atoms with van der Waals surface area (Å²) in [6.45, 7) is 10.3. The van der Waals surface area contributed by atoms with Crippen LogP contribution in [0.25, 0.3) is 0 Å². The number of hydrogen-bond donors (Lipinski definition) is 2. The summed E-state index contributed by atoms with van der Waals surface area (Å²) in [5, 5.41) is 10.9. The zero-order chi connectivity index (χ0) is 14.8. The molecule has 0 aromatic carbocycles. The van der Waals surface area contributed by atoms with Crippen LogP contribution in [0.5, 0.6) is 0 Å². The highest BCUT2D eigenvalue weighted by molar-refractivity contribution is 5.95. The van der Waals surface area contributed by atoms with Crippen molar-refractivity contribution in [3.8, 4) is 0 Å². The van der Waals surface area contributed by atoms with Gasteiger partial charge < -0.3 is 10.6 Å². The first kappa shape index (κ1) is 15.0. The molecule has 1 saturated heterocycles. The largest absolute Gasteiger partial charge is 0.349 e. The van der Waals surface area contributed by atoms with E-state index in [1.807, 2.05) is 4.68 Å². The molecule has 0 bridgehead atoms. The summed E-state index contributed by atoms with van der Waals surface area (Å²) in [6.07, 6.45) is 4.52. The smallest absolute Gasteiger partial charge is 0.254 e. The van der Waals surface area contributed by atoms with E-state index < -0.39 is 0 Å². The van der Waals surface area contributed by atoms with Gasteiger partial charge in [0.15, 0.2) is 0 Å². The van der Waals surface area contributed by atoms with Crippen LogP contribution in [0.1, 0.15) is 56.6 Å². The fraction of sp³-hybridized carbons (Fsp3) is 0.733. The van der Waals surface area contributed by atoms with E-state index in [4.69, 9.17) is 0 Å². The highest BCUT2D eigenvalue weighted by atomic mass is 16.1. The van der Waals surface area contributed by atoms with E-state index in [-0.39, 0.29) is 17.5 Å². The quantitative estimate of drug-likeness (QED) is 0.884. The van der Waals surface area contributed by atoms with Gasteiger partial charge in [-0.1, -0.05) is 6.92 Å². The van der Waals surface area contributed by atoms with Crippen molar-refractivity contribution < 1.29 is 4.79 Å². The van der Waals surface area contributed by atoms with Crippen LogP contribution in [0.3, 0.4) is 0 Å². The van der Waals surface area contributed by atoms with Gasteiger partial charge in [0.2, 0.25) is 0 Å². The number of piperidine rings is 1. The Balaban J connectivity index is 2.15. The molecule has 0 spiro atoms. The number of aromatic nitrogens is 2. The standard InChI is InChI=1S/C15H26N4O/c1-5-13-12(10-17-19(13)15(2,3)4)14(20)18-11-6-8-16-9-7-11/h10-11,16H,5-9H2,1-4H3,(H,18,20). The molecule has 112 valence electrons. The maximum absolute atomic E-state index is 12.4. The van der Waals surface area contributed by atoms with E-state index in [0.29, 0.717) is 0 Å². The maximum Gasteiger partial charge on any atom is 0.254 e. The lowest BCUT2D eigenvalue weighted by atomic mass is 10.1. The van der Waals surface area contributed by atoms with Gasteiger partial charge in [-0.05, 0) is 53.1 Å². The second-order valence-electron chi connectivity index (χ2n) is 6.44. The van der Waals surface area contributed by atoms with Gasteiger partial charge in [-0.25, -0.2) is 0 Å². The van der Waals surface area contributed by atoms with Crippen molar-refractivity contribution in [2.45, 2.75) is 58.5 Å².